The second kappa shape index (κ2) is 6.00. The van der Waals surface area contributed by atoms with E-state index in [1.54, 1.807) is 0 Å². The normalized spacial score (nSPS) is 12.4. The van der Waals surface area contributed by atoms with Gasteiger partial charge in [0.1, 0.15) is 0 Å². The molecule has 1 rings (SSSR count). The SMILES string of the molecule is C=Cc1ccc(/C(C)=C/N=C(C)C(=C)C)cc1. The smallest absolute Gasteiger partial charge is 0.0395 e. The Morgan fingerprint density at radius 2 is 1.71 bits per heavy atom. The molecule has 17 heavy (non-hydrogen) atoms. The van der Waals surface area contributed by atoms with Gasteiger partial charge in [0.25, 0.3) is 0 Å². The predicted octanol–water partition coefficient (Wildman–Crippen LogP) is 4.73. The Balaban J connectivity index is 2.92. The number of allylic oxidation sites excluding steroid dienone is 2. The highest BCUT2D eigenvalue weighted by Gasteiger charge is 1.95. The van der Waals surface area contributed by atoms with E-state index in [2.05, 4.69) is 49.3 Å². The van der Waals surface area contributed by atoms with Gasteiger partial charge in [0.2, 0.25) is 0 Å². The Morgan fingerprint density at radius 3 is 2.18 bits per heavy atom. The summed E-state index contributed by atoms with van der Waals surface area (Å²) < 4.78 is 0. The highest BCUT2D eigenvalue weighted by molar-refractivity contribution is 5.97. The summed E-state index contributed by atoms with van der Waals surface area (Å²) in [5.41, 5.74) is 5.40. The fourth-order valence-corrected chi connectivity index (χ4v) is 1.26. The minimum absolute atomic E-state index is 0.965. The molecule has 0 unspecified atom stereocenters. The van der Waals surface area contributed by atoms with Crippen LogP contribution in [0.3, 0.4) is 0 Å². The van der Waals surface area contributed by atoms with E-state index in [9.17, 15) is 0 Å². The Hall–Kier alpha value is -1.89. The first kappa shape index (κ1) is 13.2. The van der Waals surface area contributed by atoms with Gasteiger partial charge in [0, 0.05) is 11.9 Å². The van der Waals surface area contributed by atoms with E-state index in [0.29, 0.717) is 0 Å². The molecule has 0 fully saturated rings. The van der Waals surface area contributed by atoms with Crippen molar-refractivity contribution < 1.29 is 0 Å². The third-order valence-electron chi connectivity index (χ3n) is 2.67. The van der Waals surface area contributed by atoms with Gasteiger partial charge in [-0.25, -0.2) is 0 Å². The van der Waals surface area contributed by atoms with Crippen molar-refractivity contribution >= 4 is 17.4 Å². The Morgan fingerprint density at radius 1 is 1.12 bits per heavy atom. The van der Waals surface area contributed by atoms with Gasteiger partial charge in [-0.1, -0.05) is 43.5 Å². The molecule has 0 aliphatic rings. The number of aliphatic imine (C=N–C) groups is 1. The van der Waals surface area contributed by atoms with Gasteiger partial charge in [-0.2, -0.15) is 0 Å². The fraction of sp³-hybridized carbons (Fsp3) is 0.188. The van der Waals surface area contributed by atoms with Crippen molar-refractivity contribution in [3.8, 4) is 0 Å². The monoisotopic (exact) mass is 225 g/mol. The molecule has 1 aromatic carbocycles. The number of benzene rings is 1. The van der Waals surface area contributed by atoms with E-state index in [1.165, 1.54) is 5.56 Å². The second-order valence-electron chi connectivity index (χ2n) is 4.13. The molecule has 0 saturated heterocycles. The quantitative estimate of drug-likeness (QED) is 0.657. The van der Waals surface area contributed by atoms with Crippen LogP contribution in [-0.4, -0.2) is 5.71 Å². The van der Waals surface area contributed by atoms with Crippen molar-refractivity contribution in [3.63, 3.8) is 0 Å². The average molecular weight is 225 g/mol. The second-order valence-corrected chi connectivity index (χ2v) is 4.13. The van der Waals surface area contributed by atoms with E-state index in [1.807, 2.05) is 26.1 Å². The molecular weight excluding hydrogens is 206 g/mol. The number of rotatable bonds is 4. The van der Waals surface area contributed by atoms with Crippen molar-refractivity contribution in [2.45, 2.75) is 20.8 Å². The maximum atomic E-state index is 4.38. The van der Waals surface area contributed by atoms with E-state index < -0.39 is 0 Å². The molecule has 0 aliphatic carbocycles. The topological polar surface area (TPSA) is 12.4 Å². The van der Waals surface area contributed by atoms with Crippen LogP contribution in [0.5, 0.6) is 0 Å². The van der Waals surface area contributed by atoms with Crippen LogP contribution >= 0.6 is 0 Å². The third kappa shape index (κ3) is 3.87. The number of hydrogen-bond donors (Lipinski definition) is 0. The summed E-state index contributed by atoms with van der Waals surface area (Å²) in [5, 5.41) is 0. The molecule has 0 atom stereocenters. The van der Waals surface area contributed by atoms with E-state index in [0.717, 1.165) is 22.4 Å². The van der Waals surface area contributed by atoms with Gasteiger partial charge in [-0.05, 0) is 43.0 Å². The molecular formula is C16H19N. The van der Waals surface area contributed by atoms with Crippen LogP contribution in [-0.2, 0) is 0 Å². The van der Waals surface area contributed by atoms with Crippen molar-refractivity contribution in [1.29, 1.82) is 0 Å². The highest BCUT2D eigenvalue weighted by Crippen LogP contribution is 2.15. The molecule has 0 amide bonds. The van der Waals surface area contributed by atoms with Gasteiger partial charge < -0.3 is 0 Å². The molecule has 1 heteroatoms. The van der Waals surface area contributed by atoms with Crippen molar-refractivity contribution in [1.82, 2.24) is 0 Å². The third-order valence-corrected chi connectivity index (χ3v) is 2.67. The first-order valence-corrected chi connectivity index (χ1v) is 5.64. The molecule has 88 valence electrons. The zero-order chi connectivity index (χ0) is 12.8. The Labute approximate surface area is 104 Å². The molecule has 1 aromatic rings. The van der Waals surface area contributed by atoms with Gasteiger partial charge in [-0.3, -0.25) is 4.99 Å². The molecule has 0 radical (unpaired) electrons. The molecule has 1 nitrogen and oxygen atoms in total. The maximum Gasteiger partial charge on any atom is 0.0395 e. The molecule has 0 heterocycles. The molecule has 0 N–H and O–H groups in total. The summed E-state index contributed by atoms with van der Waals surface area (Å²) in [6, 6.07) is 8.26. The molecule has 0 aromatic heterocycles. The van der Waals surface area contributed by atoms with E-state index in [-0.39, 0.29) is 0 Å². The van der Waals surface area contributed by atoms with Crippen molar-refractivity contribution in [3.05, 3.63) is 60.3 Å². The lowest BCUT2D eigenvalue weighted by molar-refractivity contribution is 1.45. The first-order valence-electron chi connectivity index (χ1n) is 5.64. The lowest BCUT2D eigenvalue weighted by Crippen LogP contribution is -1.89. The summed E-state index contributed by atoms with van der Waals surface area (Å²) in [7, 11) is 0. The maximum absolute atomic E-state index is 4.38. The number of hydrogen-bond acceptors (Lipinski definition) is 1. The fourth-order valence-electron chi connectivity index (χ4n) is 1.26. The van der Waals surface area contributed by atoms with Crippen LogP contribution in [0.25, 0.3) is 11.6 Å². The van der Waals surface area contributed by atoms with Crippen LogP contribution in [0.1, 0.15) is 31.9 Å². The van der Waals surface area contributed by atoms with Crippen LogP contribution < -0.4 is 0 Å². The van der Waals surface area contributed by atoms with Crippen LogP contribution in [0.4, 0.5) is 0 Å². The van der Waals surface area contributed by atoms with Gasteiger partial charge in [0.05, 0.1) is 0 Å². The van der Waals surface area contributed by atoms with Gasteiger partial charge in [0.15, 0.2) is 0 Å². The molecule has 0 aliphatic heterocycles. The average Bonchev–Trinajstić information content (AvgIpc) is 2.35. The summed E-state index contributed by atoms with van der Waals surface area (Å²) >= 11 is 0. The standard InChI is InChI=1S/C16H19N/c1-6-15-7-9-16(10-8-15)13(4)11-17-14(5)12(2)3/h6-11H,1-2H2,3-5H3/b13-11+,17-14?. The van der Waals surface area contributed by atoms with Gasteiger partial charge in [-0.15, -0.1) is 0 Å². The van der Waals surface area contributed by atoms with Crippen molar-refractivity contribution in [2.75, 3.05) is 0 Å². The zero-order valence-electron chi connectivity index (χ0n) is 10.8. The number of nitrogens with zero attached hydrogens (tertiary/aromatic N) is 1. The highest BCUT2D eigenvalue weighted by atomic mass is 14.7. The van der Waals surface area contributed by atoms with Crippen molar-refractivity contribution in [2.24, 2.45) is 4.99 Å². The summed E-state index contributed by atoms with van der Waals surface area (Å²) in [6.45, 7) is 13.6. The molecule has 0 spiro atoms. The summed E-state index contributed by atoms with van der Waals surface area (Å²) in [5.74, 6) is 0. The Kier molecular flexibility index (Phi) is 4.65. The lowest BCUT2D eigenvalue weighted by Gasteiger charge is -2.01. The van der Waals surface area contributed by atoms with Crippen LogP contribution in [0.15, 0.2) is 54.2 Å². The summed E-state index contributed by atoms with van der Waals surface area (Å²) in [6.07, 6.45) is 3.72. The minimum Gasteiger partial charge on any atom is -0.261 e. The lowest BCUT2D eigenvalue weighted by atomic mass is 10.1. The largest absolute Gasteiger partial charge is 0.261 e. The first-order chi connectivity index (χ1) is 8.04. The summed E-state index contributed by atoms with van der Waals surface area (Å²) in [4.78, 5) is 4.38. The van der Waals surface area contributed by atoms with E-state index >= 15 is 0 Å². The van der Waals surface area contributed by atoms with Gasteiger partial charge >= 0.3 is 0 Å². The van der Waals surface area contributed by atoms with Crippen LogP contribution in [0.2, 0.25) is 0 Å². The van der Waals surface area contributed by atoms with Crippen LogP contribution in [0, 0.1) is 0 Å². The molecule has 0 saturated carbocycles. The van der Waals surface area contributed by atoms with E-state index in [4.69, 9.17) is 0 Å². The predicted molar refractivity (Wildman–Crippen MR) is 78.1 cm³/mol. The minimum atomic E-state index is 0.965. The zero-order valence-corrected chi connectivity index (χ0v) is 10.8. The Bertz CT molecular complexity index is 473. The molecule has 0 bridgehead atoms.